The first kappa shape index (κ1) is 19.6. The second-order valence-corrected chi connectivity index (χ2v) is 9.45. The van der Waals surface area contributed by atoms with Crippen LogP contribution in [0.2, 0.25) is 0 Å². The van der Waals surface area contributed by atoms with Crippen LogP contribution < -0.4 is 24.0 Å². The van der Waals surface area contributed by atoms with E-state index in [1.807, 2.05) is 23.5 Å². The third kappa shape index (κ3) is 4.59. The summed E-state index contributed by atoms with van der Waals surface area (Å²) in [5.41, 5.74) is 4.62. The van der Waals surface area contributed by atoms with Gasteiger partial charge in [0.2, 0.25) is 5.04 Å². The van der Waals surface area contributed by atoms with Gasteiger partial charge in [0.05, 0.1) is 10.8 Å². The van der Waals surface area contributed by atoms with E-state index in [4.69, 9.17) is 0 Å². The Morgan fingerprint density at radius 3 is 2.68 bits per heavy atom. The minimum atomic E-state index is 0. The van der Waals surface area contributed by atoms with Crippen molar-refractivity contribution in [2.24, 2.45) is 5.92 Å². The van der Waals surface area contributed by atoms with E-state index in [-0.39, 0.29) is 24.0 Å². The van der Waals surface area contributed by atoms with Gasteiger partial charge in [-0.05, 0) is 54.4 Å². The molecule has 1 fully saturated rings. The third-order valence-corrected chi connectivity index (χ3v) is 7.69. The molecule has 0 bridgehead atoms. The Morgan fingerprint density at radius 2 is 1.96 bits per heavy atom. The molecule has 0 N–H and O–H groups in total. The van der Waals surface area contributed by atoms with Gasteiger partial charge in [-0.25, -0.2) is 4.58 Å². The highest BCUT2D eigenvalue weighted by Crippen LogP contribution is 2.39. The molecule has 0 radical (unpaired) electrons. The molecule has 25 heavy (non-hydrogen) atoms. The number of rotatable bonds is 2. The first-order valence-corrected chi connectivity index (χ1v) is 11.1. The fraction of sp³-hybridized carbons (Fsp3) is 0.550. The molecule has 0 aromatic carbocycles. The van der Waals surface area contributed by atoms with Gasteiger partial charge in [-0.3, -0.25) is 0 Å². The quantitative estimate of drug-likeness (QED) is 0.429. The van der Waals surface area contributed by atoms with Gasteiger partial charge in [0.15, 0.2) is 6.54 Å². The summed E-state index contributed by atoms with van der Waals surface area (Å²) in [6.07, 6.45) is 15.0. The zero-order valence-corrected chi connectivity index (χ0v) is 18.9. The van der Waals surface area contributed by atoms with Crippen molar-refractivity contribution in [2.45, 2.75) is 25.7 Å². The normalized spacial score (nSPS) is 29.7. The van der Waals surface area contributed by atoms with Gasteiger partial charge >= 0.3 is 0 Å². The van der Waals surface area contributed by atoms with E-state index >= 15 is 0 Å². The van der Waals surface area contributed by atoms with E-state index in [1.165, 1.54) is 71.5 Å². The Kier molecular flexibility index (Phi) is 6.83. The predicted octanol–water partition coefficient (Wildman–Crippen LogP) is 1.28. The van der Waals surface area contributed by atoms with Crippen LogP contribution in [0.5, 0.6) is 0 Å². The van der Waals surface area contributed by atoms with Crippen LogP contribution in [0.25, 0.3) is 0 Å². The molecule has 4 aliphatic rings. The second kappa shape index (κ2) is 8.70. The van der Waals surface area contributed by atoms with Gasteiger partial charge in [-0.15, -0.1) is 11.8 Å². The molecular weight excluding hydrogens is 459 g/mol. The Morgan fingerprint density at radius 1 is 1.12 bits per heavy atom. The van der Waals surface area contributed by atoms with Gasteiger partial charge in [0, 0.05) is 25.4 Å². The summed E-state index contributed by atoms with van der Waals surface area (Å²) in [6.45, 7) is 2.37. The summed E-state index contributed by atoms with van der Waals surface area (Å²) in [5, 5.41) is 2.90. The molecule has 136 valence electrons. The van der Waals surface area contributed by atoms with Crippen LogP contribution in [-0.4, -0.2) is 53.2 Å². The third-order valence-electron chi connectivity index (χ3n) is 5.46. The molecule has 0 aromatic heterocycles. The minimum Gasteiger partial charge on any atom is -1.00 e. The highest BCUT2D eigenvalue weighted by Gasteiger charge is 2.25. The fourth-order valence-corrected chi connectivity index (χ4v) is 6.11. The minimum absolute atomic E-state index is 0. The molecule has 0 saturated carbocycles. The van der Waals surface area contributed by atoms with Crippen molar-refractivity contribution < 1.29 is 28.6 Å². The Balaban J connectivity index is 0.00000182. The van der Waals surface area contributed by atoms with E-state index in [1.54, 1.807) is 5.57 Å². The van der Waals surface area contributed by atoms with Crippen molar-refractivity contribution in [1.29, 1.82) is 0 Å². The number of thioether (sulfide) groups is 2. The zero-order chi connectivity index (χ0) is 16.5. The highest BCUT2D eigenvalue weighted by atomic mass is 127. The second-order valence-electron chi connectivity index (χ2n) is 7.22. The van der Waals surface area contributed by atoms with Gasteiger partial charge in [-0.1, -0.05) is 23.9 Å². The summed E-state index contributed by atoms with van der Waals surface area (Å²) in [7, 11) is 4.43. The van der Waals surface area contributed by atoms with E-state index in [0.717, 1.165) is 5.92 Å². The largest absolute Gasteiger partial charge is 1.00 e. The lowest BCUT2D eigenvalue weighted by Crippen LogP contribution is -3.00. The Labute approximate surface area is 177 Å². The van der Waals surface area contributed by atoms with Crippen LogP contribution >= 0.6 is 23.5 Å². The average Bonchev–Trinajstić information content (AvgIpc) is 3.16. The van der Waals surface area contributed by atoms with Crippen molar-refractivity contribution >= 4 is 28.6 Å². The highest BCUT2D eigenvalue weighted by molar-refractivity contribution is 8.14. The Hall–Kier alpha value is -0.140. The van der Waals surface area contributed by atoms with Gasteiger partial charge in [0.1, 0.15) is 7.05 Å². The lowest BCUT2D eigenvalue weighted by atomic mass is 9.77. The molecule has 5 heteroatoms. The molecule has 1 unspecified atom stereocenters. The predicted molar refractivity (Wildman–Crippen MR) is 108 cm³/mol. The number of halogens is 1. The molecule has 2 aliphatic carbocycles. The molecular formula is C20H27IN2S2. The molecule has 1 saturated heterocycles. The van der Waals surface area contributed by atoms with Gasteiger partial charge in [-0.2, -0.15) is 0 Å². The monoisotopic (exact) mass is 486 g/mol. The summed E-state index contributed by atoms with van der Waals surface area (Å²) < 4.78 is 2.39. The number of allylic oxidation sites excluding steroid dienone is 6. The van der Waals surface area contributed by atoms with E-state index < -0.39 is 0 Å². The van der Waals surface area contributed by atoms with E-state index in [2.05, 4.69) is 47.9 Å². The average molecular weight is 486 g/mol. The van der Waals surface area contributed by atoms with E-state index in [0.29, 0.717) is 0 Å². The SMILES string of the molecule is CN1CCS/C1=C\C1=CC2=C/C(=C/C3=[N+](C)CCS3)CCC2CC1.[I-]. The first-order valence-electron chi connectivity index (χ1n) is 9.08. The number of nitrogens with zero attached hydrogens (tertiary/aromatic N) is 2. The first-order chi connectivity index (χ1) is 11.7. The zero-order valence-electron chi connectivity index (χ0n) is 15.1. The number of hydrogen-bond donors (Lipinski definition) is 0. The van der Waals surface area contributed by atoms with Crippen molar-refractivity contribution in [3.63, 3.8) is 0 Å². The topological polar surface area (TPSA) is 6.25 Å². The number of fused-ring (bicyclic) bond motifs is 1. The standard InChI is InChI=1S/C20H27N2S2.HI/c1-21-7-9-23-19(21)13-15-3-5-17-6-4-16(12-18(17)11-15)14-20-22(2)8-10-24-20;/h11-14,17H,3-10H2,1-2H3;1H/q+1;/p-1. The molecule has 0 aromatic rings. The maximum atomic E-state index is 2.48. The van der Waals surface area contributed by atoms with E-state index in [9.17, 15) is 0 Å². The van der Waals surface area contributed by atoms with Crippen LogP contribution in [0.4, 0.5) is 0 Å². The molecule has 2 aliphatic heterocycles. The lowest BCUT2D eigenvalue weighted by Gasteiger charge is -2.28. The molecule has 4 rings (SSSR count). The van der Waals surface area contributed by atoms with Crippen LogP contribution in [0.1, 0.15) is 25.7 Å². The van der Waals surface area contributed by atoms with Crippen LogP contribution in [0.3, 0.4) is 0 Å². The van der Waals surface area contributed by atoms with Crippen molar-refractivity contribution in [1.82, 2.24) is 4.90 Å². The van der Waals surface area contributed by atoms with Crippen molar-refractivity contribution in [3.8, 4) is 0 Å². The summed E-state index contributed by atoms with van der Waals surface area (Å²) >= 11 is 4.00. The van der Waals surface area contributed by atoms with Crippen LogP contribution in [-0.2, 0) is 0 Å². The number of hydrogen-bond acceptors (Lipinski definition) is 3. The maximum absolute atomic E-state index is 2.48. The van der Waals surface area contributed by atoms with Crippen LogP contribution in [0.15, 0.2) is 46.1 Å². The van der Waals surface area contributed by atoms with Crippen molar-refractivity contribution in [2.75, 3.05) is 38.7 Å². The molecule has 1 atom stereocenters. The lowest BCUT2D eigenvalue weighted by molar-refractivity contribution is -0.485. The van der Waals surface area contributed by atoms with Gasteiger partial charge < -0.3 is 28.9 Å². The van der Waals surface area contributed by atoms with Crippen LogP contribution in [0, 0.1) is 5.92 Å². The fourth-order valence-electron chi connectivity index (χ4n) is 3.87. The van der Waals surface area contributed by atoms with Crippen molar-refractivity contribution in [3.05, 3.63) is 46.1 Å². The Bertz CT molecular complexity index is 688. The van der Waals surface area contributed by atoms with Gasteiger partial charge in [0.25, 0.3) is 0 Å². The summed E-state index contributed by atoms with van der Waals surface area (Å²) in [4.78, 5) is 2.39. The molecule has 2 nitrogen and oxygen atoms in total. The maximum Gasteiger partial charge on any atom is 0.235 e. The molecule has 0 amide bonds. The molecule has 0 spiro atoms. The summed E-state index contributed by atoms with van der Waals surface area (Å²) in [6, 6.07) is 0. The molecule has 2 heterocycles. The smallest absolute Gasteiger partial charge is 0.235 e. The summed E-state index contributed by atoms with van der Waals surface area (Å²) in [5.74, 6) is 3.26.